The zero-order valence-electron chi connectivity index (χ0n) is 7.26. The molecule has 61 valence electrons. The molecule has 2 nitrogen and oxygen atoms in total. The summed E-state index contributed by atoms with van der Waals surface area (Å²) in [5.74, 6) is 0. The van der Waals surface area contributed by atoms with Gasteiger partial charge in [0.2, 0.25) is 0 Å². The molecule has 0 fully saturated rings. The van der Waals surface area contributed by atoms with Crippen LogP contribution in [0.25, 0.3) is 0 Å². The van der Waals surface area contributed by atoms with Crippen LogP contribution in [0, 0.1) is 19.9 Å². The van der Waals surface area contributed by atoms with Crippen molar-refractivity contribution in [3.05, 3.63) is 34.0 Å². The minimum Gasteiger partial charge on any atom is -0.325 e. The Morgan fingerprint density at radius 2 is 2.17 bits per heavy atom. The Kier molecular flexibility index (Phi) is 3.13. The Labute approximate surface area is 98.2 Å². The Balaban J connectivity index is 0.000000720. The number of hydrogen-bond donors (Lipinski definition) is 0. The van der Waals surface area contributed by atoms with Gasteiger partial charge in [-0.1, -0.05) is 13.8 Å². The SMILES string of the molecule is Cc1[c-]cc2c(c1C)=NCN=2.[HH].[Y]. The molecule has 1 aliphatic rings. The maximum absolute atomic E-state index is 4.27. The number of rotatable bonds is 0. The fourth-order valence-electron chi connectivity index (χ4n) is 1.23. The standard InChI is InChI=1S/C9H9N2.Y.H2/c1-6-3-4-8-9(7(6)2)11-5-10-8;;/h4H,5H2,1-2H3;;1H/q-1;;. The Morgan fingerprint density at radius 1 is 1.42 bits per heavy atom. The predicted molar refractivity (Wildman–Crippen MR) is 44.0 cm³/mol. The van der Waals surface area contributed by atoms with Crippen molar-refractivity contribution in [2.24, 2.45) is 9.98 Å². The predicted octanol–water partition coefficient (Wildman–Crippen LogP) is 0.557. The van der Waals surface area contributed by atoms with Crippen molar-refractivity contribution >= 4 is 0 Å². The molecule has 0 aliphatic carbocycles. The van der Waals surface area contributed by atoms with Gasteiger partial charge < -0.3 is 4.99 Å². The van der Waals surface area contributed by atoms with E-state index >= 15 is 0 Å². The molecule has 1 aromatic rings. The van der Waals surface area contributed by atoms with Crippen LogP contribution in [-0.2, 0) is 32.7 Å². The second-order valence-electron chi connectivity index (χ2n) is 2.73. The van der Waals surface area contributed by atoms with Crippen molar-refractivity contribution in [2.75, 3.05) is 6.67 Å². The van der Waals surface area contributed by atoms with Gasteiger partial charge in [0.15, 0.2) is 0 Å². The van der Waals surface area contributed by atoms with Crippen LogP contribution < -0.4 is 10.7 Å². The van der Waals surface area contributed by atoms with Crippen molar-refractivity contribution in [2.45, 2.75) is 13.8 Å². The summed E-state index contributed by atoms with van der Waals surface area (Å²) in [6.07, 6.45) is 0. The minimum absolute atomic E-state index is 0. The third kappa shape index (κ3) is 1.50. The number of hydrogen-bond acceptors (Lipinski definition) is 2. The molecule has 3 heteroatoms. The third-order valence-corrected chi connectivity index (χ3v) is 2.06. The zero-order chi connectivity index (χ0) is 7.84. The summed E-state index contributed by atoms with van der Waals surface area (Å²) >= 11 is 0. The first-order valence-corrected chi connectivity index (χ1v) is 3.66. The van der Waals surface area contributed by atoms with Crippen LogP contribution in [0.4, 0.5) is 0 Å². The van der Waals surface area contributed by atoms with E-state index in [1.54, 1.807) is 0 Å². The van der Waals surface area contributed by atoms with Crippen molar-refractivity contribution < 1.29 is 34.1 Å². The molecule has 0 bridgehead atoms. The van der Waals surface area contributed by atoms with E-state index in [4.69, 9.17) is 0 Å². The molecular weight excluding hydrogens is 225 g/mol. The Hall–Kier alpha value is -0.0761. The summed E-state index contributed by atoms with van der Waals surface area (Å²) in [5.41, 5.74) is 2.38. The van der Waals surface area contributed by atoms with Gasteiger partial charge >= 0.3 is 0 Å². The molecule has 0 saturated heterocycles. The average Bonchev–Trinajstić information content (AvgIpc) is 2.45. The van der Waals surface area contributed by atoms with Crippen LogP contribution >= 0.6 is 0 Å². The van der Waals surface area contributed by atoms with Crippen LogP contribution in [0.2, 0.25) is 0 Å². The van der Waals surface area contributed by atoms with Crippen LogP contribution in [0.3, 0.4) is 0 Å². The second kappa shape index (κ2) is 3.76. The van der Waals surface area contributed by atoms with Gasteiger partial charge in [-0.25, -0.2) is 0 Å². The first-order valence-electron chi connectivity index (χ1n) is 3.66. The largest absolute Gasteiger partial charge is 0.325 e. The van der Waals surface area contributed by atoms with Gasteiger partial charge in [0.1, 0.15) is 6.67 Å². The first kappa shape index (κ1) is 10.0. The number of aryl methyl sites for hydroxylation is 1. The van der Waals surface area contributed by atoms with Crippen molar-refractivity contribution in [3.8, 4) is 0 Å². The number of benzene rings is 1. The van der Waals surface area contributed by atoms with E-state index in [0.29, 0.717) is 6.67 Å². The van der Waals surface area contributed by atoms with Crippen LogP contribution in [0.1, 0.15) is 12.6 Å². The normalized spacial score (nSPS) is 12.5. The van der Waals surface area contributed by atoms with Crippen LogP contribution in [0.5, 0.6) is 0 Å². The van der Waals surface area contributed by atoms with E-state index in [1.807, 2.05) is 13.0 Å². The van der Waals surface area contributed by atoms with E-state index in [1.165, 1.54) is 11.1 Å². The fourth-order valence-corrected chi connectivity index (χ4v) is 1.23. The summed E-state index contributed by atoms with van der Waals surface area (Å²) in [4.78, 5) is 8.48. The summed E-state index contributed by atoms with van der Waals surface area (Å²) in [5, 5.41) is 2.05. The number of fused-ring (bicyclic) bond motifs is 1. The molecule has 1 aromatic carbocycles. The monoisotopic (exact) mass is 236 g/mol. The number of nitrogens with zero attached hydrogens (tertiary/aromatic N) is 2. The zero-order valence-corrected chi connectivity index (χ0v) is 10.1. The average molecular weight is 236 g/mol. The Morgan fingerprint density at radius 3 is 2.92 bits per heavy atom. The van der Waals surface area contributed by atoms with E-state index in [2.05, 4.69) is 23.0 Å². The van der Waals surface area contributed by atoms with Crippen molar-refractivity contribution in [1.29, 1.82) is 0 Å². The van der Waals surface area contributed by atoms with Gasteiger partial charge in [-0.05, 0) is 10.7 Å². The molecule has 0 spiro atoms. The maximum atomic E-state index is 4.27. The molecule has 0 atom stereocenters. The van der Waals surface area contributed by atoms with Gasteiger partial charge in [0.25, 0.3) is 0 Å². The minimum atomic E-state index is 0. The van der Waals surface area contributed by atoms with Gasteiger partial charge in [0.05, 0.1) is 0 Å². The van der Waals surface area contributed by atoms with Gasteiger partial charge in [-0.15, -0.1) is 11.6 Å². The molecule has 0 N–H and O–H groups in total. The topological polar surface area (TPSA) is 24.7 Å². The van der Waals surface area contributed by atoms with E-state index in [-0.39, 0.29) is 34.1 Å². The van der Waals surface area contributed by atoms with Crippen LogP contribution in [0.15, 0.2) is 16.1 Å². The molecule has 0 saturated carbocycles. The summed E-state index contributed by atoms with van der Waals surface area (Å²) < 4.78 is 0. The van der Waals surface area contributed by atoms with Gasteiger partial charge in [-0.3, -0.25) is 4.99 Å². The molecule has 1 heterocycles. The third-order valence-electron chi connectivity index (χ3n) is 2.06. The second-order valence-corrected chi connectivity index (χ2v) is 2.73. The molecule has 1 aliphatic heterocycles. The summed E-state index contributed by atoms with van der Waals surface area (Å²) in [6, 6.07) is 5.06. The Bertz CT molecular complexity index is 414. The van der Waals surface area contributed by atoms with Crippen molar-refractivity contribution in [3.63, 3.8) is 0 Å². The molecule has 0 aromatic heterocycles. The smallest absolute Gasteiger partial charge is 0.115 e. The van der Waals surface area contributed by atoms with E-state index in [0.717, 1.165) is 10.7 Å². The molecular formula is C9H11N2Y-. The maximum Gasteiger partial charge on any atom is 0.115 e. The molecule has 0 unspecified atom stereocenters. The van der Waals surface area contributed by atoms with Crippen LogP contribution in [-0.4, -0.2) is 6.67 Å². The fraction of sp³-hybridized carbons (Fsp3) is 0.333. The summed E-state index contributed by atoms with van der Waals surface area (Å²) in [6.45, 7) is 4.70. The molecule has 2 rings (SSSR count). The molecule has 1 radical (unpaired) electrons. The first-order chi connectivity index (χ1) is 5.29. The quantitative estimate of drug-likeness (QED) is 0.588. The van der Waals surface area contributed by atoms with Gasteiger partial charge in [-0.2, -0.15) is 11.6 Å². The molecule has 0 amide bonds. The molecule has 12 heavy (non-hydrogen) atoms. The van der Waals surface area contributed by atoms with Crippen molar-refractivity contribution in [1.82, 2.24) is 0 Å². The van der Waals surface area contributed by atoms with E-state index < -0.39 is 0 Å². The van der Waals surface area contributed by atoms with E-state index in [9.17, 15) is 0 Å². The van der Waals surface area contributed by atoms with Gasteiger partial charge in [0, 0.05) is 34.1 Å². The summed E-state index contributed by atoms with van der Waals surface area (Å²) in [7, 11) is 0.